The second kappa shape index (κ2) is 4.81. The summed E-state index contributed by atoms with van der Waals surface area (Å²) in [6, 6.07) is 14.2. The molecule has 0 bridgehead atoms. The molecule has 1 N–H and O–H groups in total. The van der Waals surface area contributed by atoms with Gasteiger partial charge in [-0.05, 0) is 35.9 Å². The van der Waals surface area contributed by atoms with Crippen LogP contribution in [0.4, 0.5) is 5.69 Å². The first-order chi connectivity index (χ1) is 7.74. The molecule has 2 aromatic rings. The molecular formula is C13H10ClNO. The Morgan fingerprint density at radius 2 is 1.88 bits per heavy atom. The van der Waals surface area contributed by atoms with E-state index in [-0.39, 0.29) is 5.75 Å². The second-order valence-electron chi connectivity index (χ2n) is 3.33. The zero-order chi connectivity index (χ0) is 11.4. The van der Waals surface area contributed by atoms with Crippen LogP contribution in [0.3, 0.4) is 0 Å². The zero-order valence-electron chi connectivity index (χ0n) is 8.47. The third kappa shape index (κ3) is 2.84. The highest BCUT2D eigenvalue weighted by molar-refractivity contribution is 6.30. The Kier molecular flexibility index (Phi) is 3.22. The highest BCUT2D eigenvalue weighted by atomic mass is 35.5. The Morgan fingerprint density at radius 3 is 2.62 bits per heavy atom. The van der Waals surface area contributed by atoms with Gasteiger partial charge in [0.15, 0.2) is 0 Å². The fraction of sp³-hybridized carbons (Fsp3) is 0. The molecule has 0 saturated heterocycles. The van der Waals surface area contributed by atoms with Crippen LogP contribution in [0.2, 0.25) is 5.02 Å². The number of hydrogen-bond donors (Lipinski definition) is 1. The van der Waals surface area contributed by atoms with Crippen LogP contribution in [0.15, 0.2) is 53.5 Å². The van der Waals surface area contributed by atoms with Crippen molar-refractivity contribution in [1.29, 1.82) is 0 Å². The van der Waals surface area contributed by atoms with E-state index in [1.807, 2.05) is 18.2 Å². The number of hydrogen-bond acceptors (Lipinski definition) is 2. The number of rotatable bonds is 2. The van der Waals surface area contributed by atoms with Gasteiger partial charge < -0.3 is 5.11 Å². The quantitative estimate of drug-likeness (QED) is 0.784. The third-order valence-corrected chi connectivity index (χ3v) is 2.28. The first-order valence-corrected chi connectivity index (χ1v) is 5.20. The van der Waals surface area contributed by atoms with Crippen LogP contribution < -0.4 is 0 Å². The molecule has 0 amide bonds. The van der Waals surface area contributed by atoms with Gasteiger partial charge in [-0.25, -0.2) is 0 Å². The molecule has 3 heteroatoms. The lowest BCUT2D eigenvalue weighted by molar-refractivity contribution is 0.475. The number of phenolic OH excluding ortho intramolecular Hbond substituents is 1. The summed E-state index contributed by atoms with van der Waals surface area (Å²) in [6.45, 7) is 0. The molecule has 0 unspecified atom stereocenters. The van der Waals surface area contributed by atoms with Crippen LogP contribution in [0.1, 0.15) is 5.56 Å². The third-order valence-electron chi connectivity index (χ3n) is 2.04. The van der Waals surface area contributed by atoms with Gasteiger partial charge in [0.25, 0.3) is 0 Å². The molecule has 0 saturated carbocycles. The molecule has 0 aromatic heterocycles. The molecule has 0 fully saturated rings. The van der Waals surface area contributed by atoms with Crippen molar-refractivity contribution in [2.75, 3.05) is 0 Å². The minimum absolute atomic E-state index is 0.232. The van der Waals surface area contributed by atoms with Crippen molar-refractivity contribution in [1.82, 2.24) is 0 Å². The van der Waals surface area contributed by atoms with E-state index < -0.39 is 0 Å². The summed E-state index contributed by atoms with van der Waals surface area (Å²) in [5, 5.41) is 9.93. The largest absolute Gasteiger partial charge is 0.508 e. The van der Waals surface area contributed by atoms with Crippen molar-refractivity contribution >= 4 is 23.5 Å². The first-order valence-electron chi connectivity index (χ1n) is 4.83. The maximum Gasteiger partial charge on any atom is 0.116 e. The fourth-order valence-electron chi connectivity index (χ4n) is 1.31. The Morgan fingerprint density at radius 1 is 1.06 bits per heavy atom. The number of aromatic hydroxyl groups is 1. The molecule has 80 valence electrons. The van der Waals surface area contributed by atoms with Crippen molar-refractivity contribution in [3.8, 4) is 5.75 Å². The average molecular weight is 232 g/mol. The molecule has 0 aliphatic rings. The van der Waals surface area contributed by atoms with Crippen molar-refractivity contribution in [3.05, 3.63) is 59.1 Å². The van der Waals surface area contributed by atoms with E-state index in [1.54, 1.807) is 36.5 Å². The molecule has 0 spiro atoms. The summed E-state index contributed by atoms with van der Waals surface area (Å²) in [5.41, 5.74) is 1.64. The van der Waals surface area contributed by atoms with Gasteiger partial charge in [-0.2, -0.15) is 0 Å². The maximum atomic E-state index is 9.27. The maximum absolute atomic E-state index is 9.27. The molecule has 0 atom stereocenters. The summed E-state index contributed by atoms with van der Waals surface area (Å²) in [7, 11) is 0. The van der Waals surface area contributed by atoms with Gasteiger partial charge in [-0.1, -0.05) is 29.8 Å². The summed E-state index contributed by atoms with van der Waals surface area (Å²) in [4.78, 5) is 4.26. The van der Waals surface area contributed by atoms with Gasteiger partial charge in [0.2, 0.25) is 0 Å². The molecule has 0 aliphatic heterocycles. The van der Waals surface area contributed by atoms with Crippen LogP contribution in [0, 0.1) is 0 Å². The predicted octanol–water partition coefficient (Wildman–Crippen LogP) is 3.80. The molecule has 0 radical (unpaired) electrons. The van der Waals surface area contributed by atoms with E-state index in [9.17, 15) is 5.11 Å². The van der Waals surface area contributed by atoms with Gasteiger partial charge >= 0.3 is 0 Å². The second-order valence-corrected chi connectivity index (χ2v) is 3.77. The van der Waals surface area contributed by atoms with Crippen LogP contribution >= 0.6 is 11.6 Å². The van der Waals surface area contributed by atoms with Crippen molar-refractivity contribution in [2.24, 2.45) is 4.99 Å². The van der Waals surface area contributed by atoms with Crippen molar-refractivity contribution in [2.45, 2.75) is 0 Å². The van der Waals surface area contributed by atoms with Crippen LogP contribution in [0.5, 0.6) is 5.75 Å². The Labute approximate surface area is 98.8 Å². The van der Waals surface area contributed by atoms with Gasteiger partial charge in [0, 0.05) is 11.2 Å². The van der Waals surface area contributed by atoms with E-state index in [0.29, 0.717) is 5.02 Å². The van der Waals surface area contributed by atoms with Crippen molar-refractivity contribution in [3.63, 3.8) is 0 Å². The number of halogens is 1. The van der Waals surface area contributed by atoms with Crippen LogP contribution in [-0.2, 0) is 0 Å². The van der Waals surface area contributed by atoms with E-state index in [1.165, 1.54) is 0 Å². The molecule has 2 nitrogen and oxygen atoms in total. The van der Waals surface area contributed by atoms with Gasteiger partial charge in [0.05, 0.1) is 5.69 Å². The Bertz CT molecular complexity index is 475. The molecule has 2 rings (SSSR count). The van der Waals surface area contributed by atoms with Gasteiger partial charge in [0.1, 0.15) is 5.75 Å². The fourth-order valence-corrected chi connectivity index (χ4v) is 1.50. The van der Waals surface area contributed by atoms with E-state index in [0.717, 1.165) is 11.3 Å². The topological polar surface area (TPSA) is 32.6 Å². The Hall–Kier alpha value is -1.80. The average Bonchev–Trinajstić information content (AvgIpc) is 2.27. The summed E-state index contributed by atoms with van der Waals surface area (Å²) in [6.07, 6.45) is 1.69. The highest BCUT2D eigenvalue weighted by Crippen LogP contribution is 2.18. The van der Waals surface area contributed by atoms with Gasteiger partial charge in [-0.3, -0.25) is 4.99 Å². The lowest BCUT2D eigenvalue weighted by Gasteiger charge is -1.96. The lowest BCUT2D eigenvalue weighted by Crippen LogP contribution is -1.78. The normalized spacial score (nSPS) is 10.8. The summed E-state index contributed by atoms with van der Waals surface area (Å²) >= 11 is 5.84. The highest BCUT2D eigenvalue weighted by Gasteiger charge is 1.92. The monoisotopic (exact) mass is 231 g/mol. The minimum atomic E-state index is 0.232. The van der Waals surface area contributed by atoms with Crippen LogP contribution in [-0.4, -0.2) is 11.3 Å². The minimum Gasteiger partial charge on any atom is -0.508 e. The first kappa shape index (κ1) is 10.7. The van der Waals surface area contributed by atoms with Crippen LogP contribution in [0.25, 0.3) is 0 Å². The number of aliphatic imine (C=N–C) groups is 1. The Balaban J connectivity index is 2.21. The molecule has 2 aromatic carbocycles. The van der Waals surface area contributed by atoms with Gasteiger partial charge in [-0.15, -0.1) is 0 Å². The lowest BCUT2D eigenvalue weighted by atomic mass is 10.2. The van der Waals surface area contributed by atoms with E-state index in [2.05, 4.69) is 4.99 Å². The smallest absolute Gasteiger partial charge is 0.116 e. The number of benzene rings is 2. The molecular weight excluding hydrogens is 222 g/mol. The van der Waals surface area contributed by atoms with E-state index in [4.69, 9.17) is 11.6 Å². The summed E-state index contributed by atoms with van der Waals surface area (Å²) in [5.74, 6) is 0.232. The number of nitrogens with zero attached hydrogens (tertiary/aromatic N) is 1. The molecule has 0 aliphatic carbocycles. The predicted molar refractivity (Wildman–Crippen MR) is 66.8 cm³/mol. The SMILES string of the molecule is Oc1cccc(C=Nc2cccc(Cl)c2)c1. The molecule has 0 heterocycles. The molecule has 16 heavy (non-hydrogen) atoms. The number of phenols is 1. The summed E-state index contributed by atoms with van der Waals surface area (Å²) < 4.78 is 0. The van der Waals surface area contributed by atoms with Crippen molar-refractivity contribution < 1.29 is 5.11 Å². The zero-order valence-corrected chi connectivity index (χ0v) is 9.22. The standard InChI is InChI=1S/C13H10ClNO/c14-11-4-2-5-12(8-11)15-9-10-3-1-6-13(16)7-10/h1-9,16H. The van der Waals surface area contributed by atoms with E-state index >= 15 is 0 Å².